The van der Waals surface area contributed by atoms with Crippen LogP contribution < -0.4 is 10.9 Å². The highest BCUT2D eigenvalue weighted by Gasteiger charge is 2.25. The molecule has 0 bridgehead atoms. The van der Waals surface area contributed by atoms with Gasteiger partial charge in [-0.15, -0.1) is 11.3 Å². The predicted molar refractivity (Wildman–Crippen MR) is 125 cm³/mol. The van der Waals surface area contributed by atoms with Crippen molar-refractivity contribution in [1.29, 1.82) is 0 Å². The molecular formula is C24H29FN4O2S. The van der Waals surface area contributed by atoms with Gasteiger partial charge in [0.25, 0.3) is 5.56 Å². The molecule has 0 saturated carbocycles. The van der Waals surface area contributed by atoms with E-state index in [-0.39, 0.29) is 11.4 Å². The number of fused-ring (bicyclic) bond motifs is 3. The van der Waals surface area contributed by atoms with Crippen LogP contribution in [0.25, 0.3) is 10.2 Å². The highest BCUT2D eigenvalue weighted by atomic mass is 32.1. The van der Waals surface area contributed by atoms with Crippen molar-refractivity contribution in [2.45, 2.75) is 38.3 Å². The van der Waals surface area contributed by atoms with Crippen LogP contribution in [-0.2, 0) is 30.5 Å². The Kier molecular flexibility index (Phi) is 6.64. The first kappa shape index (κ1) is 21.7. The Balaban J connectivity index is 1.23. The lowest BCUT2D eigenvalue weighted by Gasteiger charge is -2.26. The molecule has 170 valence electrons. The van der Waals surface area contributed by atoms with Crippen LogP contribution in [0, 0.1) is 5.82 Å². The fourth-order valence-electron chi connectivity index (χ4n) is 4.68. The molecule has 2 aliphatic rings. The second-order valence-electron chi connectivity index (χ2n) is 8.65. The maximum Gasteiger partial charge on any atom is 0.262 e. The van der Waals surface area contributed by atoms with Gasteiger partial charge in [0.15, 0.2) is 0 Å². The second kappa shape index (κ2) is 9.79. The summed E-state index contributed by atoms with van der Waals surface area (Å²) in [6.07, 6.45) is 5.46. The smallest absolute Gasteiger partial charge is 0.262 e. The lowest BCUT2D eigenvalue weighted by Crippen LogP contribution is -2.39. The number of thiophene rings is 1. The number of nitrogens with one attached hydrogen (secondary N) is 1. The van der Waals surface area contributed by atoms with E-state index >= 15 is 0 Å². The first-order valence-electron chi connectivity index (χ1n) is 11.4. The fraction of sp³-hybridized carbons (Fsp3) is 0.500. The van der Waals surface area contributed by atoms with Crippen molar-refractivity contribution in [1.82, 2.24) is 19.8 Å². The molecule has 1 fully saturated rings. The molecular weight excluding hydrogens is 427 g/mol. The van der Waals surface area contributed by atoms with E-state index < -0.39 is 0 Å². The van der Waals surface area contributed by atoms with E-state index in [1.165, 1.54) is 22.6 Å². The molecule has 5 rings (SSSR count). The lowest BCUT2D eigenvalue weighted by molar-refractivity contribution is 0.0362. The number of aromatic nitrogens is 2. The normalized spacial score (nSPS) is 19.3. The molecule has 1 aliphatic carbocycles. The van der Waals surface area contributed by atoms with E-state index in [0.717, 1.165) is 80.9 Å². The van der Waals surface area contributed by atoms with Crippen molar-refractivity contribution >= 4 is 21.6 Å². The first-order valence-corrected chi connectivity index (χ1v) is 12.3. The van der Waals surface area contributed by atoms with Gasteiger partial charge in [0.05, 0.1) is 24.9 Å². The van der Waals surface area contributed by atoms with Gasteiger partial charge in [-0.2, -0.15) is 0 Å². The van der Waals surface area contributed by atoms with Gasteiger partial charge in [-0.05, 0) is 55.5 Å². The third-order valence-corrected chi connectivity index (χ3v) is 7.72. The number of aryl methyl sites for hydroxylation is 1. The fourth-order valence-corrected chi connectivity index (χ4v) is 5.94. The average molecular weight is 457 g/mol. The summed E-state index contributed by atoms with van der Waals surface area (Å²) in [5.41, 5.74) is 2.45. The van der Waals surface area contributed by atoms with Gasteiger partial charge in [0.1, 0.15) is 10.6 Å². The van der Waals surface area contributed by atoms with E-state index in [4.69, 9.17) is 4.74 Å². The zero-order valence-electron chi connectivity index (χ0n) is 18.2. The zero-order chi connectivity index (χ0) is 21.9. The van der Waals surface area contributed by atoms with Gasteiger partial charge in [-0.25, -0.2) is 9.37 Å². The topological polar surface area (TPSA) is 59.4 Å². The number of rotatable bonds is 7. The van der Waals surface area contributed by atoms with E-state index in [0.29, 0.717) is 12.6 Å². The van der Waals surface area contributed by atoms with Gasteiger partial charge in [-0.3, -0.25) is 14.3 Å². The minimum Gasteiger partial charge on any atom is -0.379 e. The summed E-state index contributed by atoms with van der Waals surface area (Å²) in [6, 6.07) is 7.12. The van der Waals surface area contributed by atoms with Gasteiger partial charge >= 0.3 is 0 Å². The summed E-state index contributed by atoms with van der Waals surface area (Å²) < 4.78 is 20.2. The Bertz CT molecular complexity index is 1120. The third-order valence-electron chi connectivity index (χ3n) is 6.56. The number of nitrogens with zero attached hydrogens (tertiary/aromatic N) is 3. The van der Waals surface area contributed by atoms with Crippen molar-refractivity contribution in [3.8, 4) is 0 Å². The number of halogens is 1. The summed E-state index contributed by atoms with van der Waals surface area (Å²) >= 11 is 1.67. The molecule has 0 spiro atoms. The molecule has 1 aliphatic heterocycles. The van der Waals surface area contributed by atoms with Crippen LogP contribution in [0.3, 0.4) is 0 Å². The van der Waals surface area contributed by atoms with Gasteiger partial charge < -0.3 is 10.1 Å². The molecule has 6 nitrogen and oxygen atoms in total. The summed E-state index contributed by atoms with van der Waals surface area (Å²) in [4.78, 5) is 22.3. The SMILES string of the molecule is O=c1c2c3c(sc2ncn1CCN1CCOCC1)C[C@@H](NCCc1ccc(F)cc1)CC3. The number of ether oxygens (including phenoxy) is 1. The van der Waals surface area contributed by atoms with E-state index in [1.54, 1.807) is 22.2 Å². The average Bonchev–Trinajstić information content (AvgIpc) is 3.19. The Morgan fingerprint density at radius 1 is 1.19 bits per heavy atom. The van der Waals surface area contributed by atoms with Crippen LogP contribution in [0.15, 0.2) is 35.4 Å². The Hall–Kier alpha value is -2.13. The van der Waals surface area contributed by atoms with Crippen molar-refractivity contribution in [3.63, 3.8) is 0 Å². The summed E-state index contributed by atoms with van der Waals surface area (Å²) in [7, 11) is 0. The van der Waals surface area contributed by atoms with Gasteiger partial charge in [0, 0.05) is 37.1 Å². The van der Waals surface area contributed by atoms with Crippen LogP contribution in [0.5, 0.6) is 0 Å². The third kappa shape index (κ3) is 4.78. The number of morpholine rings is 1. The highest BCUT2D eigenvalue weighted by molar-refractivity contribution is 7.18. The quantitative estimate of drug-likeness (QED) is 0.592. The molecule has 0 unspecified atom stereocenters. The summed E-state index contributed by atoms with van der Waals surface area (Å²) in [5, 5.41) is 4.48. The number of hydrogen-bond donors (Lipinski definition) is 1. The Morgan fingerprint density at radius 2 is 2.00 bits per heavy atom. The van der Waals surface area contributed by atoms with Crippen LogP contribution >= 0.6 is 11.3 Å². The molecule has 1 aromatic carbocycles. The minimum atomic E-state index is -0.194. The monoisotopic (exact) mass is 456 g/mol. The van der Waals surface area contributed by atoms with E-state index in [1.807, 2.05) is 12.1 Å². The molecule has 0 radical (unpaired) electrons. The highest BCUT2D eigenvalue weighted by Crippen LogP contribution is 2.33. The second-order valence-corrected chi connectivity index (χ2v) is 9.74. The predicted octanol–water partition coefficient (Wildman–Crippen LogP) is 2.62. The van der Waals surface area contributed by atoms with Crippen LogP contribution in [0.2, 0.25) is 0 Å². The van der Waals surface area contributed by atoms with Crippen molar-refractivity contribution in [2.75, 3.05) is 39.4 Å². The molecule has 2 aromatic heterocycles. The van der Waals surface area contributed by atoms with Crippen LogP contribution in [0.4, 0.5) is 4.39 Å². The lowest BCUT2D eigenvalue weighted by atomic mass is 9.93. The van der Waals surface area contributed by atoms with Crippen LogP contribution in [0.1, 0.15) is 22.4 Å². The standard InChI is InChI=1S/C24H29FN4O2S/c25-18-3-1-17(2-4-18)7-8-26-19-5-6-20-21(15-19)32-23-22(20)24(30)29(16-27-23)10-9-28-11-13-31-14-12-28/h1-4,16,19,26H,5-15H2/t19-/m0/s1. The zero-order valence-corrected chi connectivity index (χ0v) is 19.0. The van der Waals surface area contributed by atoms with E-state index in [9.17, 15) is 9.18 Å². The Morgan fingerprint density at radius 3 is 2.81 bits per heavy atom. The molecule has 1 N–H and O–H groups in total. The van der Waals surface area contributed by atoms with Crippen molar-refractivity contribution in [3.05, 3.63) is 62.8 Å². The largest absolute Gasteiger partial charge is 0.379 e. The minimum absolute atomic E-state index is 0.100. The van der Waals surface area contributed by atoms with E-state index in [2.05, 4.69) is 15.2 Å². The van der Waals surface area contributed by atoms with Crippen molar-refractivity contribution < 1.29 is 9.13 Å². The summed E-state index contributed by atoms with van der Waals surface area (Å²) in [5.74, 6) is -0.194. The van der Waals surface area contributed by atoms with Crippen LogP contribution in [-0.4, -0.2) is 59.9 Å². The first-order chi connectivity index (χ1) is 15.7. The van der Waals surface area contributed by atoms with Gasteiger partial charge in [-0.1, -0.05) is 12.1 Å². The molecule has 3 aromatic rings. The molecule has 3 heterocycles. The molecule has 8 heteroatoms. The number of benzene rings is 1. The summed E-state index contributed by atoms with van der Waals surface area (Å²) in [6.45, 7) is 5.76. The maximum absolute atomic E-state index is 13.2. The molecule has 1 atom stereocenters. The maximum atomic E-state index is 13.2. The molecule has 1 saturated heterocycles. The molecule has 32 heavy (non-hydrogen) atoms. The Labute approximate surface area is 191 Å². The van der Waals surface area contributed by atoms with Gasteiger partial charge in [0.2, 0.25) is 0 Å². The number of hydrogen-bond acceptors (Lipinski definition) is 6. The van der Waals surface area contributed by atoms with Crippen molar-refractivity contribution in [2.24, 2.45) is 0 Å². The molecule has 0 amide bonds.